The van der Waals surface area contributed by atoms with Crippen molar-refractivity contribution in [2.45, 2.75) is 0 Å². The molecule has 0 amide bonds. The van der Waals surface area contributed by atoms with Gasteiger partial charge in [-0.25, -0.2) is 9.78 Å². The SMILES string of the molecule is O=C([O-])c1nccnc1C(=O)O.[Na+]. The first-order valence-electron chi connectivity index (χ1n) is 2.88. The molecule has 0 unspecified atom stereocenters. The number of aromatic carboxylic acids is 2. The Balaban J connectivity index is 0.00000144. The van der Waals surface area contributed by atoms with Gasteiger partial charge in [0.1, 0.15) is 5.69 Å². The van der Waals surface area contributed by atoms with Crippen LogP contribution < -0.4 is 34.7 Å². The van der Waals surface area contributed by atoms with Gasteiger partial charge in [0.15, 0.2) is 5.69 Å². The molecule has 0 saturated carbocycles. The molecular weight excluding hydrogens is 187 g/mol. The van der Waals surface area contributed by atoms with Crippen molar-refractivity contribution in [1.82, 2.24) is 9.97 Å². The first kappa shape index (κ1) is 12.0. The van der Waals surface area contributed by atoms with Gasteiger partial charge in [-0.2, -0.15) is 0 Å². The van der Waals surface area contributed by atoms with Gasteiger partial charge in [0.25, 0.3) is 0 Å². The summed E-state index contributed by atoms with van der Waals surface area (Å²) in [4.78, 5) is 27.2. The van der Waals surface area contributed by atoms with E-state index >= 15 is 0 Å². The molecule has 0 radical (unpaired) electrons. The molecule has 0 saturated heterocycles. The van der Waals surface area contributed by atoms with E-state index in [1.54, 1.807) is 0 Å². The Labute approximate surface area is 94.9 Å². The molecule has 0 atom stereocenters. The third kappa shape index (κ3) is 2.76. The molecule has 0 spiro atoms. The van der Waals surface area contributed by atoms with Crippen LogP contribution in [-0.4, -0.2) is 27.0 Å². The van der Waals surface area contributed by atoms with Gasteiger partial charge in [-0.05, 0) is 0 Å². The molecule has 6 nitrogen and oxygen atoms in total. The number of carbonyl (C=O) groups is 2. The standard InChI is InChI=1S/C6H4N2O4.Na/c9-5(10)3-4(6(11)12)8-2-1-7-3;/h1-2H,(H,9,10)(H,11,12);/q;+1/p-1. The van der Waals surface area contributed by atoms with Gasteiger partial charge in [0, 0.05) is 12.4 Å². The second-order valence-electron chi connectivity index (χ2n) is 1.85. The predicted octanol–water partition coefficient (Wildman–Crippen LogP) is -4.46. The average molecular weight is 190 g/mol. The summed E-state index contributed by atoms with van der Waals surface area (Å²) < 4.78 is 0. The third-order valence-corrected chi connectivity index (χ3v) is 1.09. The number of nitrogens with zero attached hydrogens (tertiary/aromatic N) is 2. The molecule has 0 bridgehead atoms. The van der Waals surface area contributed by atoms with Gasteiger partial charge in [0.2, 0.25) is 0 Å². The van der Waals surface area contributed by atoms with Crippen LogP contribution in [0.15, 0.2) is 12.4 Å². The van der Waals surface area contributed by atoms with Crippen LogP contribution in [0.4, 0.5) is 0 Å². The monoisotopic (exact) mass is 190 g/mol. The maximum absolute atomic E-state index is 10.3. The molecule has 62 valence electrons. The van der Waals surface area contributed by atoms with Crippen molar-refractivity contribution in [2.24, 2.45) is 0 Å². The molecule has 0 aromatic carbocycles. The van der Waals surface area contributed by atoms with Crippen molar-refractivity contribution in [1.29, 1.82) is 0 Å². The van der Waals surface area contributed by atoms with E-state index in [2.05, 4.69) is 9.97 Å². The second-order valence-corrected chi connectivity index (χ2v) is 1.85. The van der Waals surface area contributed by atoms with Gasteiger partial charge >= 0.3 is 35.5 Å². The average Bonchev–Trinajstić information content (AvgIpc) is 2.04. The van der Waals surface area contributed by atoms with E-state index in [0.29, 0.717) is 0 Å². The second kappa shape index (κ2) is 4.90. The Hall–Kier alpha value is -0.980. The van der Waals surface area contributed by atoms with E-state index in [0.717, 1.165) is 12.4 Å². The van der Waals surface area contributed by atoms with Gasteiger partial charge < -0.3 is 15.0 Å². The summed E-state index contributed by atoms with van der Waals surface area (Å²) in [6.45, 7) is 0. The van der Waals surface area contributed by atoms with E-state index in [1.165, 1.54) is 0 Å². The van der Waals surface area contributed by atoms with Crippen LogP contribution in [0.2, 0.25) is 0 Å². The fourth-order valence-electron chi connectivity index (χ4n) is 0.644. The molecule has 1 heterocycles. The normalized spacial score (nSPS) is 8.62. The summed E-state index contributed by atoms with van der Waals surface area (Å²) in [5.74, 6) is -3.09. The smallest absolute Gasteiger partial charge is 0.543 e. The first-order chi connectivity index (χ1) is 5.63. The fourth-order valence-corrected chi connectivity index (χ4v) is 0.644. The summed E-state index contributed by atoms with van der Waals surface area (Å²) in [7, 11) is 0. The minimum absolute atomic E-state index is 0. The van der Waals surface area contributed by atoms with E-state index < -0.39 is 23.3 Å². The van der Waals surface area contributed by atoms with Crippen molar-refractivity contribution in [3.8, 4) is 0 Å². The van der Waals surface area contributed by atoms with Gasteiger partial charge in [0.05, 0.1) is 5.97 Å². The number of hydrogen-bond donors (Lipinski definition) is 1. The van der Waals surface area contributed by atoms with Crippen molar-refractivity contribution >= 4 is 11.9 Å². The maximum Gasteiger partial charge on any atom is 1.00 e. The summed E-state index contributed by atoms with van der Waals surface area (Å²) in [5.41, 5.74) is -1.28. The van der Waals surface area contributed by atoms with Gasteiger partial charge in [-0.3, -0.25) is 4.98 Å². The molecule has 1 aromatic rings. The van der Waals surface area contributed by atoms with Crippen LogP contribution in [0.25, 0.3) is 0 Å². The van der Waals surface area contributed by atoms with Crippen molar-refractivity contribution in [2.75, 3.05) is 0 Å². The van der Waals surface area contributed by atoms with Crippen molar-refractivity contribution in [3.05, 3.63) is 23.8 Å². The Morgan fingerprint density at radius 3 is 2.00 bits per heavy atom. The van der Waals surface area contributed by atoms with Crippen LogP contribution in [0.1, 0.15) is 21.0 Å². The minimum Gasteiger partial charge on any atom is -0.543 e. The molecule has 0 fully saturated rings. The summed E-state index contributed by atoms with van der Waals surface area (Å²) in [6.07, 6.45) is 2.17. The number of carboxylic acids is 2. The van der Waals surface area contributed by atoms with E-state index in [9.17, 15) is 14.7 Å². The Kier molecular flexibility index (Phi) is 4.53. The number of carboxylic acid groups (broad SMARTS) is 2. The largest absolute Gasteiger partial charge is 1.00 e. The Bertz CT molecular complexity index is 308. The summed E-state index contributed by atoms with van der Waals surface area (Å²) in [6, 6.07) is 0. The quantitative estimate of drug-likeness (QED) is 0.472. The number of aromatic nitrogens is 2. The van der Waals surface area contributed by atoms with Crippen LogP contribution in [-0.2, 0) is 0 Å². The molecular formula is C6H3N2NaO4. The van der Waals surface area contributed by atoms with E-state index in [-0.39, 0.29) is 29.6 Å². The molecule has 13 heavy (non-hydrogen) atoms. The molecule has 0 aliphatic heterocycles. The van der Waals surface area contributed by atoms with Crippen LogP contribution in [0.3, 0.4) is 0 Å². The zero-order valence-corrected chi connectivity index (χ0v) is 8.72. The molecule has 7 heteroatoms. The van der Waals surface area contributed by atoms with Crippen molar-refractivity contribution in [3.63, 3.8) is 0 Å². The fraction of sp³-hybridized carbons (Fsp3) is 0. The zero-order valence-electron chi connectivity index (χ0n) is 6.72. The van der Waals surface area contributed by atoms with Crippen LogP contribution in [0.5, 0.6) is 0 Å². The Morgan fingerprint density at radius 1 is 1.23 bits per heavy atom. The first-order valence-corrected chi connectivity index (χ1v) is 2.88. The van der Waals surface area contributed by atoms with Crippen LogP contribution in [0, 0.1) is 0 Å². The molecule has 1 rings (SSSR count). The summed E-state index contributed by atoms with van der Waals surface area (Å²) >= 11 is 0. The predicted molar refractivity (Wildman–Crippen MR) is 33.3 cm³/mol. The molecule has 0 aliphatic carbocycles. The van der Waals surface area contributed by atoms with E-state index in [1.807, 2.05) is 0 Å². The van der Waals surface area contributed by atoms with Crippen molar-refractivity contribution < 1.29 is 49.4 Å². The minimum atomic E-state index is -1.65. The summed E-state index contributed by atoms with van der Waals surface area (Å²) in [5, 5.41) is 18.7. The topological polar surface area (TPSA) is 103 Å². The zero-order chi connectivity index (χ0) is 9.14. The van der Waals surface area contributed by atoms with E-state index in [4.69, 9.17) is 5.11 Å². The molecule has 1 aromatic heterocycles. The van der Waals surface area contributed by atoms with Gasteiger partial charge in [-0.1, -0.05) is 0 Å². The van der Waals surface area contributed by atoms with Gasteiger partial charge in [-0.15, -0.1) is 0 Å². The number of rotatable bonds is 2. The molecule has 1 N–H and O–H groups in total. The molecule has 0 aliphatic rings. The number of carbonyl (C=O) groups excluding carboxylic acids is 1. The maximum atomic E-state index is 10.3. The number of hydrogen-bond acceptors (Lipinski definition) is 5. The third-order valence-electron chi connectivity index (χ3n) is 1.09. The Morgan fingerprint density at radius 2 is 1.69 bits per heavy atom. The van der Waals surface area contributed by atoms with Crippen LogP contribution >= 0.6 is 0 Å².